The molecule has 1 fully saturated rings. The Morgan fingerprint density at radius 1 is 1.35 bits per heavy atom. The predicted octanol–water partition coefficient (Wildman–Crippen LogP) is 4.03. The summed E-state index contributed by atoms with van der Waals surface area (Å²) in [5.41, 5.74) is 0.972. The van der Waals surface area contributed by atoms with Gasteiger partial charge in [0.2, 0.25) is 0 Å². The van der Waals surface area contributed by atoms with Crippen molar-refractivity contribution in [2.45, 2.75) is 25.4 Å². The molecule has 3 rings (SSSR count). The first-order valence-electron chi connectivity index (χ1n) is 6.51. The van der Waals surface area contributed by atoms with Crippen LogP contribution in [0.2, 0.25) is 0 Å². The van der Waals surface area contributed by atoms with Crippen LogP contribution in [0.25, 0.3) is 0 Å². The quantitative estimate of drug-likeness (QED) is 0.895. The Balaban J connectivity index is 1.78. The van der Waals surface area contributed by atoms with Crippen molar-refractivity contribution in [1.82, 2.24) is 10.3 Å². The zero-order valence-corrected chi connectivity index (χ0v) is 12.4. The number of hydrogen-bond acceptors (Lipinski definition) is 3. The van der Waals surface area contributed by atoms with Gasteiger partial charge < -0.3 is 10.1 Å². The molecule has 0 atom stereocenters. The van der Waals surface area contributed by atoms with Gasteiger partial charge in [0, 0.05) is 41.1 Å². The minimum Gasteiger partial charge on any atom is -0.457 e. The number of hydrogen-bond donors (Lipinski definition) is 1. The van der Waals surface area contributed by atoms with E-state index < -0.39 is 0 Å². The lowest BCUT2D eigenvalue weighted by molar-refractivity contribution is 0.466. The molecule has 0 radical (unpaired) electrons. The van der Waals surface area contributed by atoms with E-state index in [9.17, 15) is 4.39 Å². The van der Waals surface area contributed by atoms with Gasteiger partial charge in [-0.1, -0.05) is 15.9 Å². The summed E-state index contributed by atoms with van der Waals surface area (Å²) in [6.45, 7) is 0.713. The lowest BCUT2D eigenvalue weighted by atomic mass is 10.2. The fourth-order valence-electron chi connectivity index (χ4n) is 1.90. The number of nitrogens with zero attached hydrogens (tertiary/aromatic N) is 1. The van der Waals surface area contributed by atoms with E-state index in [1.807, 2.05) is 0 Å². The molecule has 104 valence electrons. The third-order valence-electron chi connectivity index (χ3n) is 3.08. The van der Waals surface area contributed by atoms with Crippen molar-refractivity contribution in [2.24, 2.45) is 0 Å². The highest BCUT2D eigenvalue weighted by atomic mass is 79.9. The van der Waals surface area contributed by atoms with E-state index in [0.717, 1.165) is 5.56 Å². The smallest absolute Gasteiger partial charge is 0.134 e. The van der Waals surface area contributed by atoms with Crippen LogP contribution >= 0.6 is 15.9 Å². The van der Waals surface area contributed by atoms with Crippen LogP contribution in [-0.2, 0) is 6.54 Å². The standard InChI is InChI=1S/C15H14BrFN2O/c16-11-5-12(17)7-14(6-11)20-15-3-4-18-8-10(15)9-19-13-1-2-13/h3-8,13,19H,1-2,9H2. The number of pyridine rings is 1. The van der Waals surface area contributed by atoms with Crippen molar-refractivity contribution in [3.8, 4) is 11.5 Å². The maximum Gasteiger partial charge on any atom is 0.134 e. The topological polar surface area (TPSA) is 34.1 Å². The number of nitrogens with one attached hydrogen (secondary N) is 1. The van der Waals surface area contributed by atoms with E-state index in [-0.39, 0.29) is 5.82 Å². The molecule has 1 aliphatic carbocycles. The Bertz CT molecular complexity index is 596. The molecule has 20 heavy (non-hydrogen) atoms. The maximum absolute atomic E-state index is 13.4. The van der Waals surface area contributed by atoms with Gasteiger partial charge in [-0.25, -0.2) is 4.39 Å². The van der Waals surface area contributed by atoms with Crippen molar-refractivity contribution in [3.05, 3.63) is 52.5 Å². The summed E-state index contributed by atoms with van der Waals surface area (Å²) in [7, 11) is 0. The summed E-state index contributed by atoms with van der Waals surface area (Å²) in [6.07, 6.45) is 5.91. The highest BCUT2D eigenvalue weighted by Crippen LogP contribution is 2.28. The molecular weight excluding hydrogens is 323 g/mol. The van der Waals surface area contributed by atoms with Gasteiger partial charge in [-0.3, -0.25) is 4.98 Å². The van der Waals surface area contributed by atoms with Gasteiger partial charge >= 0.3 is 0 Å². The Hall–Kier alpha value is -1.46. The van der Waals surface area contributed by atoms with E-state index in [1.54, 1.807) is 24.5 Å². The average Bonchev–Trinajstić information content (AvgIpc) is 3.20. The van der Waals surface area contributed by atoms with Gasteiger partial charge in [0.1, 0.15) is 17.3 Å². The van der Waals surface area contributed by atoms with Crippen LogP contribution in [0.4, 0.5) is 4.39 Å². The average molecular weight is 337 g/mol. The zero-order valence-electron chi connectivity index (χ0n) is 10.8. The Morgan fingerprint density at radius 2 is 2.20 bits per heavy atom. The monoisotopic (exact) mass is 336 g/mol. The molecule has 0 unspecified atom stereocenters. The van der Waals surface area contributed by atoms with E-state index in [4.69, 9.17) is 4.74 Å². The molecule has 1 heterocycles. The highest BCUT2D eigenvalue weighted by Gasteiger charge is 2.20. The summed E-state index contributed by atoms with van der Waals surface area (Å²) >= 11 is 3.26. The fourth-order valence-corrected chi connectivity index (χ4v) is 2.35. The van der Waals surface area contributed by atoms with Gasteiger partial charge in [-0.2, -0.15) is 0 Å². The minimum absolute atomic E-state index is 0.332. The zero-order chi connectivity index (χ0) is 13.9. The Kier molecular flexibility index (Phi) is 3.98. The second-order valence-corrected chi connectivity index (χ2v) is 5.76. The third-order valence-corrected chi connectivity index (χ3v) is 3.54. The largest absolute Gasteiger partial charge is 0.457 e. The summed E-state index contributed by atoms with van der Waals surface area (Å²) in [4.78, 5) is 4.12. The Labute approximate surface area is 125 Å². The molecule has 0 spiro atoms. The molecule has 3 nitrogen and oxygen atoms in total. The second kappa shape index (κ2) is 5.89. The molecule has 2 aromatic rings. The minimum atomic E-state index is -0.332. The summed E-state index contributed by atoms with van der Waals surface area (Å²) in [5, 5.41) is 3.42. The first-order chi connectivity index (χ1) is 9.70. The van der Waals surface area contributed by atoms with Crippen LogP contribution < -0.4 is 10.1 Å². The van der Waals surface area contributed by atoms with Gasteiger partial charge in [0.25, 0.3) is 0 Å². The van der Waals surface area contributed by atoms with E-state index >= 15 is 0 Å². The van der Waals surface area contributed by atoms with Crippen LogP contribution in [0, 0.1) is 5.82 Å². The van der Waals surface area contributed by atoms with Crippen molar-refractivity contribution >= 4 is 15.9 Å². The van der Waals surface area contributed by atoms with Crippen molar-refractivity contribution in [1.29, 1.82) is 0 Å². The molecule has 1 saturated carbocycles. The molecule has 0 aliphatic heterocycles. The van der Waals surface area contributed by atoms with Crippen molar-refractivity contribution in [2.75, 3.05) is 0 Å². The normalized spacial score (nSPS) is 14.3. The molecule has 1 aromatic carbocycles. The molecule has 1 N–H and O–H groups in total. The number of benzene rings is 1. The molecule has 0 bridgehead atoms. The van der Waals surface area contributed by atoms with Crippen molar-refractivity contribution in [3.63, 3.8) is 0 Å². The van der Waals surface area contributed by atoms with Crippen LogP contribution in [-0.4, -0.2) is 11.0 Å². The van der Waals surface area contributed by atoms with E-state index in [0.29, 0.717) is 28.6 Å². The SMILES string of the molecule is Fc1cc(Br)cc(Oc2ccncc2CNC2CC2)c1. The number of halogens is 2. The van der Waals surface area contributed by atoms with Gasteiger partial charge in [0.15, 0.2) is 0 Å². The van der Waals surface area contributed by atoms with Gasteiger partial charge in [0.05, 0.1) is 0 Å². The molecule has 0 amide bonds. The third kappa shape index (κ3) is 3.55. The lowest BCUT2D eigenvalue weighted by Gasteiger charge is -2.11. The van der Waals surface area contributed by atoms with Crippen molar-refractivity contribution < 1.29 is 9.13 Å². The number of aromatic nitrogens is 1. The van der Waals surface area contributed by atoms with E-state index in [2.05, 4.69) is 26.2 Å². The van der Waals surface area contributed by atoms with Gasteiger partial charge in [-0.05, 0) is 31.0 Å². The van der Waals surface area contributed by atoms with Crippen LogP contribution in [0.5, 0.6) is 11.5 Å². The van der Waals surface area contributed by atoms with Crippen LogP contribution in [0.15, 0.2) is 41.1 Å². The van der Waals surface area contributed by atoms with Crippen LogP contribution in [0.3, 0.4) is 0 Å². The Morgan fingerprint density at radius 3 is 2.95 bits per heavy atom. The number of rotatable bonds is 5. The first kappa shape index (κ1) is 13.5. The summed E-state index contributed by atoms with van der Waals surface area (Å²) in [5.74, 6) is 0.836. The maximum atomic E-state index is 13.4. The molecule has 1 aromatic heterocycles. The predicted molar refractivity (Wildman–Crippen MR) is 78.3 cm³/mol. The summed E-state index contributed by atoms with van der Waals surface area (Å²) in [6, 6.07) is 6.91. The molecule has 5 heteroatoms. The lowest BCUT2D eigenvalue weighted by Crippen LogP contribution is -2.15. The second-order valence-electron chi connectivity index (χ2n) is 4.85. The molecular formula is C15H14BrFN2O. The van der Waals surface area contributed by atoms with Gasteiger partial charge in [-0.15, -0.1) is 0 Å². The first-order valence-corrected chi connectivity index (χ1v) is 7.30. The fraction of sp³-hybridized carbons (Fsp3) is 0.267. The molecule has 0 saturated heterocycles. The number of ether oxygens (including phenoxy) is 1. The van der Waals surface area contributed by atoms with E-state index in [1.165, 1.54) is 25.0 Å². The highest BCUT2D eigenvalue weighted by molar-refractivity contribution is 9.10. The molecule has 1 aliphatic rings. The summed E-state index contributed by atoms with van der Waals surface area (Å²) < 4.78 is 19.8. The van der Waals surface area contributed by atoms with Crippen LogP contribution in [0.1, 0.15) is 18.4 Å².